The number of hydrogen-bond acceptors (Lipinski definition) is 7. The minimum atomic E-state index is -0.675. The van der Waals surface area contributed by atoms with E-state index < -0.39 is 10.9 Å². The number of carbonyl (C=O) groups is 1. The second kappa shape index (κ2) is 6.25. The van der Waals surface area contributed by atoms with Gasteiger partial charge in [0.1, 0.15) is 12.4 Å². The Morgan fingerprint density at radius 1 is 1.41 bits per heavy atom. The lowest BCUT2D eigenvalue weighted by molar-refractivity contribution is -0.385. The Labute approximate surface area is 125 Å². The molecule has 2 rings (SSSR count). The van der Waals surface area contributed by atoms with E-state index in [4.69, 9.17) is 14.0 Å². The number of aromatic nitrogens is 1. The van der Waals surface area contributed by atoms with Crippen LogP contribution in [0.15, 0.2) is 22.7 Å². The minimum Gasteiger partial charge on any atom is -0.490 e. The minimum absolute atomic E-state index is 0.0141. The van der Waals surface area contributed by atoms with E-state index in [0.29, 0.717) is 17.0 Å². The van der Waals surface area contributed by atoms with Gasteiger partial charge in [0.15, 0.2) is 5.75 Å². The zero-order valence-electron chi connectivity index (χ0n) is 12.3. The Kier molecular flexibility index (Phi) is 4.40. The van der Waals surface area contributed by atoms with Crippen LogP contribution in [0.2, 0.25) is 0 Å². The highest BCUT2D eigenvalue weighted by atomic mass is 16.6. The molecule has 0 radical (unpaired) electrons. The summed E-state index contributed by atoms with van der Waals surface area (Å²) in [5, 5.41) is 14.7. The summed E-state index contributed by atoms with van der Waals surface area (Å²) in [6.45, 7) is 3.43. The first-order valence-electron chi connectivity index (χ1n) is 6.35. The van der Waals surface area contributed by atoms with Crippen molar-refractivity contribution in [3.05, 3.63) is 50.9 Å². The van der Waals surface area contributed by atoms with Gasteiger partial charge in [-0.1, -0.05) is 5.16 Å². The zero-order valence-corrected chi connectivity index (χ0v) is 12.3. The summed E-state index contributed by atoms with van der Waals surface area (Å²) >= 11 is 0. The third-order valence-corrected chi connectivity index (χ3v) is 3.14. The molecule has 1 heterocycles. The van der Waals surface area contributed by atoms with E-state index in [9.17, 15) is 14.9 Å². The van der Waals surface area contributed by atoms with E-state index in [0.717, 1.165) is 6.07 Å². The molecule has 0 saturated carbocycles. The highest BCUT2D eigenvalue weighted by Crippen LogP contribution is 2.28. The summed E-state index contributed by atoms with van der Waals surface area (Å²) in [7, 11) is 1.32. The van der Waals surface area contributed by atoms with Crippen LogP contribution in [0.5, 0.6) is 5.75 Å². The third-order valence-electron chi connectivity index (χ3n) is 3.14. The van der Waals surface area contributed by atoms with Crippen LogP contribution in [0.25, 0.3) is 0 Å². The van der Waals surface area contributed by atoms with Gasteiger partial charge in [-0.05, 0) is 26.0 Å². The van der Waals surface area contributed by atoms with E-state index in [-0.39, 0.29) is 23.6 Å². The van der Waals surface area contributed by atoms with Crippen molar-refractivity contribution < 1.29 is 23.7 Å². The van der Waals surface area contributed by atoms with Gasteiger partial charge in [0.25, 0.3) is 0 Å². The first-order chi connectivity index (χ1) is 10.4. The molecule has 0 fully saturated rings. The fourth-order valence-electron chi connectivity index (χ4n) is 1.89. The number of nitro benzene ring substituents is 1. The van der Waals surface area contributed by atoms with Crippen LogP contribution < -0.4 is 4.74 Å². The maximum Gasteiger partial charge on any atom is 0.338 e. The van der Waals surface area contributed by atoms with Gasteiger partial charge in [0.2, 0.25) is 0 Å². The van der Waals surface area contributed by atoms with Gasteiger partial charge in [-0.15, -0.1) is 0 Å². The van der Waals surface area contributed by atoms with Crippen molar-refractivity contribution in [2.75, 3.05) is 7.11 Å². The summed E-state index contributed by atoms with van der Waals surface area (Å²) in [4.78, 5) is 22.3. The molecule has 0 saturated heterocycles. The maximum atomic E-state index is 12.0. The molecule has 2 aromatic rings. The lowest BCUT2D eigenvalue weighted by Gasteiger charge is -2.06. The Hall–Kier alpha value is -2.90. The number of ether oxygens (including phenoxy) is 2. The molecule has 0 aliphatic carbocycles. The summed E-state index contributed by atoms with van der Waals surface area (Å²) in [5.74, 6) is -0.0379. The molecule has 8 heteroatoms. The molecule has 0 atom stereocenters. The smallest absolute Gasteiger partial charge is 0.338 e. The SMILES string of the molecule is COc1ccc(C(=O)OCc2c(C)noc2C)cc1[N+](=O)[O-]. The van der Waals surface area contributed by atoms with Crippen molar-refractivity contribution in [1.29, 1.82) is 0 Å². The number of aryl methyl sites for hydroxylation is 2. The van der Waals surface area contributed by atoms with Crippen LogP contribution in [-0.2, 0) is 11.3 Å². The van der Waals surface area contributed by atoms with Gasteiger partial charge in [-0.3, -0.25) is 10.1 Å². The molecule has 8 nitrogen and oxygen atoms in total. The van der Waals surface area contributed by atoms with E-state index in [1.54, 1.807) is 13.8 Å². The summed E-state index contributed by atoms with van der Waals surface area (Å²) in [6.07, 6.45) is 0. The van der Waals surface area contributed by atoms with Crippen LogP contribution >= 0.6 is 0 Å². The van der Waals surface area contributed by atoms with Gasteiger partial charge in [0.05, 0.1) is 28.9 Å². The predicted molar refractivity (Wildman–Crippen MR) is 74.7 cm³/mol. The van der Waals surface area contributed by atoms with Gasteiger partial charge in [0, 0.05) is 6.07 Å². The fraction of sp³-hybridized carbons (Fsp3) is 0.286. The van der Waals surface area contributed by atoms with Crippen molar-refractivity contribution in [3.63, 3.8) is 0 Å². The van der Waals surface area contributed by atoms with E-state index in [2.05, 4.69) is 5.16 Å². The first-order valence-corrected chi connectivity index (χ1v) is 6.35. The van der Waals surface area contributed by atoms with E-state index in [1.807, 2.05) is 0 Å². The average Bonchev–Trinajstić information content (AvgIpc) is 2.82. The number of carbonyl (C=O) groups excluding carboxylic acids is 1. The zero-order chi connectivity index (χ0) is 16.3. The Morgan fingerprint density at radius 2 is 2.14 bits per heavy atom. The highest BCUT2D eigenvalue weighted by Gasteiger charge is 2.19. The lowest BCUT2D eigenvalue weighted by atomic mass is 10.2. The average molecular weight is 306 g/mol. The Morgan fingerprint density at radius 3 is 2.68 bits per heavy atom. The summed E-state index contributed by atoms with van der Waals surface area (Å²) in [5.41, 5.74) is 1.08. The number of benzene rings is 1. The number of rotatable bonds is 5. The van der Waals surface area contributed by atoms with Gasteiger partial charge >= 0.3 is 11.7 Å². The van der Waals surface area contributed by atoms with Crippen LogP contribution in [0.3, 0.4) is 0 Å². The first kappa shape index (κ1) is 15.5. The normalized spacial score (nSPS) is 10.3. The molecule has 22 heavy (non-hydrogen) atoms. The highest BCUT2D eigenvalue weighted by molar-refractivity contribution is 5.90. The molecule has 0 amide bonds. The van der Waals surface area contributed by atoms with Crippen LogP contribution in [0.4, 0.5) is 5.69 Å². The van der Waals surface area contributed by atoms with Crippen LogP contribution in [0.1, 0.15) is 27.4 Å². The lowest BCUT2D eigenvalue weighted by Crippen LogP contribution is -2.07. The molecule has 0 aliphatic rings. The van der Waals surface area contributed by atoms with E-state index >= 15 is 0 Å². The molecule has 0 bridgehead atoms. The topological polar surface area (TPSA) is 105 Å². The van der Waals surface area contributed by atoms with Crippen molar-refractivity contribution in [2.24, 2.45) is 0 Å². The maximum absolute atomic E-state index is 12.0. The van der Waals surface area contributed by atoms with Crippen LogP contribution in [0, 0.1) is 24.0 Å². The second-order valence-electron chi connectivity index (χ2n) is 4.52. The van der Waals surface area contributed by atoms with E-state index in [1.165, 1.54) is 19.2 Å². The molecular formula is C14H14N2O6. The fourth-order valence-corrected chi connectivity index (χ4v) is 1.89. The molecule has 1 aromatic carbocycles. The molecule has 0 unspecified atom stereocenters. The molecule has 0 spiro atoms. The molecule has 0 N–H and O–H groups in total. The largest absolute Gasteiger partial charge is 0.490 e. The Bertz CT molecular complexity index is 703. The Balaban J connectivity index is 2.16. The number of hydrogen-bond donors (Lipinski definition) is 0. The third kappa shape index (κ3) is 3.05. The molecule has 116 valence electrons. The monoisotopic (exact) mass is 306 g/mol. The number of nitro groups is 1. The summed E-state index contributed by atoms with van der Waals surface area (Å²) in [6, 6.07) is 3.88. The van der Waals surface area contributed by atoms with Crippen molar-refractivity contribution in [1.82, 2.24) is 5.16 Å². The van der Waals surface area contributed by atoms with Gasteiger partial charge in [-0.2, -0.15) is 0 Å². The van der Waals surface area contributed by atoms with Crippen LogP contribution in [-0.4, -0.2) is 23.2 Å². The van der Waals surface area contributed by atoms with Crippen molar-refractivity contribution in [3.8, 4) is 5.75 Å². The molecule has 0 aliphatic heterocycles. The molecular weight excluding hydrogens is 292 g/mol. The molecule has 1 aromatic heterocycles. The summed E-state index contributed by atoms with van der Waals surface area (Å²) < 4.78 is 15.0. The predicted octanol–water partition coefficient (Wildman–Crippen LogP) is 2.57. The van der Waals surface area contributed by atoms with Gasteiger partial charge in [-0.25, -0.2) is 4.79 Å². The second-order valence-corrected chi connectivity index (χ2v) is 4.52. The quantitative estimate of drug-likeness (QED) is 0.475. The number of methoxy groups -OCH3 is 1. The standard InChI is InChI=1S/C14H14N2O6/c1-8-11(9(2)22-15-8)7-21-14(17)10-4-5-13(20-3)12(6-10)16(18)19/h4-6H,7H2,1-3H3. The van der Waals surface area contributed by atoms with Crippen molar-refractivity contribution >= 4 is 11.7 Å². The van der Waals surface area contributed by atoms with Crippen molar-refractivity contribution in [2.45, 2.75) is 20.5 Å². The number of esters is 1. The van der Waals surface area contributed by atoms with Gasteiger partial charge < -0.3 is 14.0 Å². The number of nitrogens with zero attached hydrogens (tertiary/aromatic N) is 2.